The summed E-state index contributed by atoms with van der Waals surface area (Å²) in [6.07, 6.45) is 1.01. The molecule has 2 unspecified atom stereocenters. The Labute approximate surface area is 115 Å². The lowest BCUT2D eigenvalue weighted by molar-refractivity contribution is 0.160. The van der Waals surface area contributed by atoms with Crippen LogP contribution in [0, 0.1) is 5.92 Å². The molecule has 19 heavy (non-hydrogen) atoms. The van der Waals surface area contributed by atoms with E-state index in [0.717, 1.165) is 24.5 Å². The SMILES string of the molecule is CNC(c1cccc2c1OCCO2)C(C)CCOC. The Bertz CT molecular complexity index is 408. The predicted octanol–water partition coefficient (Wildman–Crippen LogP) is 2.39. The lowest BCUT2D eigenvalue weighted by Crippen LogP contribution is -2.26. The van der Waals surface area contributed by atoms with Crippen LogP contribution in [0.5, 0.6) is 11.5 Å². The van der Waals surface area contributed by atoms with E-state index in [9.17, 15) is 0 Å². The van der Waals surface area contributed by atoms with Gasteiger partial charge in [-0.05, 0) is 25.5 Å². The van der Waals surface area contributed by atoms with Gasteiger partial charge in [0.2, 0.25) is 0 Å². The molecule has 1 aromatic carbocycles. The number of hydrogen-bond donors (Lipinski definition) is 1. The smallest absolute Gasteiger partial charge is 0.166 e. The first-order valence-electron chi connectivity index (χ1n) is 6.82. The molecule has 0 saturated heterocycles. The van der Waals surface area contributed by atoms with Gasteiger partial charge in [0.15, 0.2) is 11.5 Å². The zero-order valence-electron chi connectivity index (χ0n) is 11.9. The van der Waals surface area contributed by atoms with Crippen molar-refractivity contribution in [3.05, 3.63) is 23.8 Å². The average molecular weight is 265 g/mol. The third-order valence-electron chi connectivity index (χ3n) is 3.59. The Morgan fingerprint density at radius 3 is 2.84 bits per heavy atom. The summed E-state index contributed by atoms with van der Waals surface area (Å²) in [6.45, 7) is 4.24. The van der Waals surface area contributed by atoms with Gasteiger partial charge >= 0.3 is 0 Å². The van der Waals surface area contributed by atoms with E-state index in [-0.39, 0.29) is 6.04 Å². The average Bonchev–Trinajstić information content (AvgIpc) is 2.46. The monoisotopic (exact) mass is 265 g/mol. The molecule has 0 bridgehead atoms. The molecule has 4 nitrogen and oxygen atoms in total. The number of hydrogen-bond acceptors (Lipinski definition) is 4. The fraction of sp³-hybridized carbons (Fsp3) is 0.600. The number of fused-ring (bicyclic) bond motifs is 1. The van der Waals surface area contributed by atoms with Crippen LogP contribution in [0.2, 0.25) is 0 Å². The van der Waals surface area contributed by atoms with Crippen molar-refractivity contribution in [2.75, 3.05) is 34.0 Å². The Balaban J connectivity index is 2.22. The highest BCUT2D eigenvalue weighted by molar-refractivity contribution is 5.49. The van der Waals surface area contributed by atoms with Gasteiger partial charge in [-0.1, -0.05) is 19.1 Å². The number of benzene rings is 1. The molecule has 2 rings (SSSR count). The van der Waals surface area contributed by atoms with E-state index in [1.165, 1.54) is 5.56 Å². The molecule has 2 atom stereocenters. The Morgan fingerprint density at radius 2 is 2.11 bits per heavy atom. The van der Waals surface area contributed by atoms with E-state index in [0.29, 0.717) is 19.1 Å². The molecule has 1 aliphatic rings. The van der Waals surface area contributed by atoms with Crippen LogP contribution < -0.4 is 14.8 Å². The fourth-order valence-electron chi connectivity index (χ4n) is 2.56. The van der Waals surface area contributed by atoms with Crippen LogP contribution in [0.1, 0.15) is 24.9 Å². The van der Waals surface area contributed by atoms with Gasteiger partial charge in [0.25, 0.3) is 0 Å². The molecule has 106 valence electrons. The van der Waals surface area contributed by atoms with Crippen molar-refractivity contribution in [1.29, 1.82) is 0 Å². The third-order valence-corrected chi connectivity index (χ3v) is 3.59. The minimum absolute atomic E-state index is 0.242. The van der Waals surface area contributed by atoms with Crippen LogP contribution >= 0.6 is 0 Å². The summed E-state index contributed by atoms with van der Waals surface area (Å²) in [7, 11) is 3.72. The lowest BCUT2D eigenvalue weighted by atomic mass is 9.91. The molecule has 0 radical (unpaired) electrons. The van der Waals surface area contributed by atoms with Crippen molar-refractivity contribution < 1.29 is 14.2 Å². The summed E-state index contributed by atoms with van der Waals surface area (Å²) in [4.78, 5) is 0. The van der Waals surface area contributed by atoms with Crippen molar-refractivity contribution in [3.8, 4) is 11.5 Å². The van der Waals surface area contributed by atoms with Gasteiger partial charge in [-0.2, -0.15) is 0 Å². The van der Waals surface area contributed by atoms with E-state index in [4.69, 9.17) is 14.2 Å². The number of ether oxygens (including phenoxy) is 3. The minimum atomic E-state index is 0.242. The van der Waals surface area contributed by atoms with Crippen LogP contribution in [-0.2, 0) is 4.74 Å². The normalized spacial score (nSPS) is 17.0. The molecule has 0 aromatic heterocycles. The maximum Gasteiger partial charge on any atom is 0.166 e. The van der Waals surface area contributed by atoms with Gasteiger partial charge in [0, 0.05) is 25.3 Å². The van der Waals surface area contributed by atoms with E-state index < -0.39 is 0 Å². The van der Waals surface area contributed by atoms with Gasteiger partial charge in [0.05, 0.1) is 0 Å². The van der Waals surface area contributed by atoms with Crippen molar-refractivity contribution in [1.82, 2.24) is 5.32 Å². The van der Waals surface area contributed by atoms with E-state index in [1.807, 2.05) is 19.2 Å². The van der Waals surface area contributed by atoms with Gasteiger partial charge < -0.3 is 19.5 Å². The van der Waals surface area contributed by atoms with E-state index in [2.05, 4.69) is 18.3 Å². The second kappa shape index (κ2) is 6.78. The molecule has 1 aliphatic heterocycles. The van der Waals surface area contributed by atoms with E-state index >= 15 is 0 Å². The summed E-state index contributed by atoms with van der Waals surface area (Å²) < 4.78 is 16.6. The van der Waals surface area contributed by atoms with Gasteiger partial charge in [-0.3, -0.25) is 0 Å². The molecule has 1 aromatic rings. The number of nitrogens with one attached hydrogen (secondary N) is 1. The standard InChI is InChI=1S/C15H23NO3/c1-11(7-8-17-3)14(16-2)12-5-4-6-13-15(12)19-10-9-18-13/h4-6,11,14,16H,7-10H2,1-3H3. The molecule has 4 heteroatoms. The second-order valence-electron chi connectivity index (χ2n) is 4.90. The highest BCUT2D eigenvalue weighted by atomic mass is 16.6. The van der Waals surface area contributed by atoms with Crippen molar-refractivity contribution >= 4 is 0 Å². The summed E-state index contributed by atoms with van der Waals surface area (Å²) in [6, 6.07) is 6.34. The van der Waals surface area contributed by atoms with Crippen LogP contribution in [0.15, 0.2) is 18.2 Å². The molecular weight excluding hydrogens is 242 g/mol. The Hall–Kier alpha value is -1.26. The number of para-hydroxylation sites is 1. The molecule has 1 N–H and O–H groups in total. The summed E-state index contributed by atoms with van der Waals surface area (Å²) >= 11 is 0. The largest absolute Gasteiger partial charge is 0.486 e. The van der Waals surface area contributed by atoms with Crippen LogP contribution in [0.3, 0.4) is 0 Å². The van der Waals surface area contributed by atoms with Crippen LogP contribution in [0.4, 0.5) is 0 Å². The summed E-state index contributed by atoms with van der Waals surface area (Å²) in [5, 5.41) is 3.39. The molecular formula is C15H23NO3. The first kappa shape index (κ1) is 14.2. The Kier molecular flexibility index (Phi) is 5.05. The minimum Gasteiger partial charge on any atom is -0.486 e. The highest BCUT2D eigenvalue weighted by Gasteiger charge is 2.24. The predicted molar refractivity (Wildman–Crippen MR) is 74.9 cm³/mol. The zero-order valence-corrected chi connectivity index (χ0v) is 11.9. The van der Waals surface area contributed by atoms with Crippen molar-refractivity contribution in [3.63, 3.8) is 0 Å². The maximum atomic E-state index is 5.80. The molecule has 0 saturated carbocycles. The molecule has 1 heterocycles. The first-order chi connectivity index (χ1) is 9.27. The fourth-order valence-corrected chi connectivity index (χ4v) is 2.56. The maximum absolute atomic E-state index is 5.80. The van der Waals surface area contributed by atoms with Gasteiger partial charge in [-0.15, -0.1) is 0 Å². The summed E-state index contributed by atoms with van der Waals surface area (Å²) in [5.74, 6) is 2.20. The topological polar surface area (TPSA) is 39.7 Å². The van der Waals surface area contributed by atoms with Gasteiger partial charge in [0.1, 0.15) is 13.2 Å². The quantitative estimate of drug-likeness (QED) is 0.857. The second-order valence-corrected chi connectivity index (χ2v) is 4.90. The lowest BCUT2D eigenvalue weighted by Gasteiger charge is -2.28. The number of rotatable bonds is 6. The zero-order chi connectivity index (χ0) is 13.7. The van der Waals surface area contributed by atoms with Crippen LogP contribution in [0.25, 0.3) is 0 Å². The highest BCUT2D eigenvalue weighted by Crippen LogP contribution is 2.39. The third kappa shape index (κ3) is 3.19. The van der Waals surface area contributed by atoms with Crippen molar-refractivity contribution in [2.45, 2.75) is 19.4 Å². The molecule has 0 spiro atoms. The number of methoxy groups -OCH3 is 1. The molecule has 0 amide bonds. The summed E-state index contributed by atoms with van der Waals surface area (Å²) in [5.41, 5.74) is 1.17. The van der Waals surface area contributed by atoms with Gasteiger partial charge in [-0.25, -0.2) is 0 Å². The van der Waals surface area contributed by atoms with Crippen LogP contribution in [-0.4, -0.2) is 34.0 Å². The van der Waals surface area contributed by atoms with Crippen molar-refractivity contribution in [2.24, 2.45) is 5.92 Å². The molecule has 0 fully saturated rings. The Morgan fingerprint density at radius 1 is 1.32 bits per heavy atom. The molecule has 0 aliphatic carbocycles. The first-order valence-corrected chi connectivity index (χ1v) is 6.82. The van der Waals surface area contributed by atoms with E-state index in [1.54, 1.807) is 7.11 Å².